The number of oxime groups is 1. The van der Waals surface area contributed by atoms with Crippen LogP contribution in [0.3, 0.4) is 0 Å². The van der Waals surface area contributed by atoms with Gasteiger partial charge in [0.05, 0.1) is 4.47 Å². The minimum Gasteiger partial charge on any atom is -0.409 e. The maximum absolute atomic E-state index is 13.3. The number of nitrogens with one attached hydrogen (secondary N) is 1. The molecular weight excluding hydrogens is 346 g/mol. The molecule has 1 aromatic rings. The van der Waals surface area contributed by atoms with Crippen molar-refractivity contribution in [2.75, 3.05) is 11.9 Å². The zero-order valence-electron chi connectivity index (χ0n) is 10.3. The Kier molecular flexibility index (Phi) is 5.21. The van der Waals surface area contributed by atoms with Crippen LogP contribution in [0.1, 0.15) is 5.56 Å². The molecule has 9 heteroatoms. The molecule has 0 aliphatic carbocycles. The summed E-state index contributed by atoms with van der Waals surface area (Å²) in [7, 11) is 0. The normalized spacial score (nSPS) is 14.2. The van der Waals surface area contributed by atoms with Crippen molar-refractivity contribution in [3.8, 4) is 0 Å². The first kappa shape index (κ1) is 16.5. The highest BCUT2D eigenvalue weighted by Crippen LogP contribution is 2.28. The summed E-state index contributed by atoms with van der Waals surface area (Å²) in [5.74, 6) is -3.73. The summed E-state index contributed by atoms with van der Waals surface area (Å²) < 4.78 is 51.7. The number of aryl methyl sites for hydroxylation is 1. The lowest BCUT2D eigenvalue weighted by Crippen LogP contribution is -2.40. The number of alkyl halides is 3. The molecule has 0 heterocycles. The van der Waals surface area contributed by atoms with Crippen molar-refractivity contribution in [1.82, 2.24) is 0 Å². The van der Waals surface area contributed by atoms with Gasteiger partial charge in [-0.2, -0.15) is 13.2 Å². The predicted molar refractivity (Wildman–Crippen MR) is 70.3 cm³/mol. The minimum absolute atomic E-state index is 0.200. The maximum atomic E-state index is 13.3. The molecular formula is C11H12BrF4N3O. The van der Waals surface area contributed by atoms with Crippen LogP contribution in [0.25, 0.3) is 0 Å². The standard InChI is InChI=1S/C11H12BrF4N3O/c1-5-2-7(12)8(13)3-9(5)18-4-6(10(17)19-20)11(14,15)16/h2-3,6,18,20H,4H2,1H3,(H2,17,19). The molecule has 0 spiro atoms. The van der Waals surface area contributed by atoms with Gasteiger partial charge >= 0.3 is 6.18 Å². The molecule has 1 atom stereocenters. The van der Waals surface area contributed by atoms with Gasteiger partial charge in [0.1, 0.15) is 11.7 Å². The van der Waals surface area contributed by atoms with E-state index in [1.54, 1.807) is 6.92 Å². The second kappa shape index (κ2) is 6.29. The summed E-state index contributed by atoms with van der Waals surface area (Å²) in [5, 5.41) is 13.2. The lowest BCUT2D eigenvalue weighted by Gasteiger charge is -2.20. The molecule has 0 aromatic heterocycles. The topological polar surface area (TPSA) is 70.6 Å². The van der Waals surface area contributed by atoms with Crippen LogP contribution in [0, 0.1) is 18.7 Å². The first-order chi connectivity index (χ1) is 9.16. The van der Waals surface area contributed by atoms with Gasteiger partial charge in [0.2, 0.25) is 0 Å². The molecule has 4 N–H and O–H groups in total. The van der Waals surface area contributed by atoms with Gasteiger partial charge in [-0.1, -0.05) is 5.16 Å². The van der Waals surface area contributed by atoms with Gasteiger partial charge in [-0.25, -0.2) is 4.39 Å². The van der Waals surface area contributed by atoms with Crippen molar-refractivity contribution in [3.05, 3.63) is 28.0 Å². The Balaban J connectivity index is 2.91. The van der Waals surface area contributed by atoms with Crippen LogP contribution in [-0.4, -0.2) is 23.8 Å². The first-order valence-corrected chi connectivity index (χ1v) is 6.19. The predicted octanol–water partition coefficient (Wildman–Crippen LogP) is 3.23. The van der Waals surface area contributed by atoms with Crippen LogP contribution in [0.4, 0.5) is 23.2 Å². The third-order valence-electron chi connectivity index (χ3n) is 2.63. The van der Waals surface area contributed by atoms with Crippen LogP contribution in [0.5, 0.6) is 0 Å². The van der Waals surface area contributed by atoms with Crippen molar-refractivity contribution in [2.24, 2.45) is 16.8 Å². The number of benzene rings is 1. The van der Waals surface area contributed by atoms with Gasteiger partial charge in [-0.3, -0.25) is 0 Å². The second-order valence-electron chi connectivity index (χ2n) is 4.08. The van der Waals surface area contributed by atoms with Gasteiger partial charge < -0.3 is 16.3 Å². The van der Waals surface area contributed by atoms with Crippen LogP contribution >= 0.6 is 15.9 Å². The molecule has 4 nitrogen and oxygen atoms in total. The lowest BCUT2D eigenvalue weighted by molar-refractivity contribution is -0.152. The third kappa shape index (κ3) is 3.99. The summed E-state index contributed by atoms with van der Waals surface area (Å²) in [5.41, 5.74) is 5.77. The number of nitrogens with two attached hydrogens (primary N) is 1. The van der Waals surface area contributed by atoms with Crippen LogP contribution in [0.2, 0.25) is 0 Å². The Morgan fingerprint density at radius 3 is 2.60 bits per heavy atom. The lowest BCUT2D eigenvalue weighted by atomic mass is 10.1. The van der Waals surface area contributed by atoms with Gasteiger partial charge in [-0.15, -0.1) is 0 Å². The monoisotopic (exact) mass is 357 g/mol. The molecule has 1 rings (SSSR count). The molecule has 0 saturated heterocycles. The molecule has 0 aliphatic heterocycles. The first-order valence-electron chi connectivity index (χ1n) is 5.40. The molecule has 0 fully saturated rings. The quantitative estimate of drug-likeness (QED) is 0.254. The maximum Gasteiger partial charge on any atom is 0.400 e. The molecule has 0 saturated carbocycles. The van der Waals surface area contributed by atoms with E-state index < -0.39 is 30.3 Å². The average molecular weight is 358 g/mol. The third-order valence-corrected chi connectivity index (χ3v) is 3.24. The molecule has 1 aromatic carbocycles. The zero-order valence-corrected chi connectivity index (χ0v) is 11.9. The van der Waals surface area contributed by atoms with Crippen molar-refractivity contribution >= 4 is 27.5 Å². The van der Waals surface area contributed by atoms with Gasteiger partial charge in [0.25, 0.3) is 0 Å². The number of rotatable bonds is 4. The van der Waals surface area contributed by atoms with E-state index in [9.17, 15) is 17.6 Å². The van der Waals surface area contributed by atoms with Gasteiger partial charge in [-0.05, 0) is 40.5 Å². The highest BCUT2D eigenvalue weighted by molar-refractivity contribution is 9.10. The fraction of sp³-hybridized carbons (Fsp3) is 0.364. The van der Waals surface area contributed by atoms with E-state index in [1.165, 1.54) is 6.07 Å². The summed E-state index contributed by atoms with van der Waals surface area (Å²) in [6.07, 6.45) is -4.68. The molecule has 0 radical (unpaired) electrons. The zero-order chi connectivity index (χ0) is 15.5. The van der Waals surface area contributed by atoms with Crippen LogP contribution in [-0.2, 0) is 0 Å². The van der Waals surface area contributed by atoms with Crippen LogP contribution in [0.15, 0.2) is 21.8 Å². The highest BCUT2D eigenvalue weighted by Gasteiger charge is 2.42. The van der Waals surface area contributed by atoms with E-state index in [4.69, 9.17) is 10.9 Å². The highest BCUT2D eigenvalue weighted by atomic mass is 79.9. The van der Waals surface area contributed by atoms with E-state index >= 15 is 0 Å². The summed E-state index contributed by atoms with van der Waals surface area (Å²) in [6.45, 7) is 0.944. The number of halogens is 5. The Hall–Kier alpha value is -1.51. The Labute approximate surface area is 120 Å². The fourth-order valence-electron chi connectivity index (χ4n) is 1.51. The molecule has 0 aliphatic rings. The summed E-state index contributed by atoms with van der Waals surface area (Å²) in [6, 6.07) is 2.50. The molecule has 20 heavy (non-hydrogen) atoms. The molecule has 0 amide bonds. The van der Waals surface area contributed by atoms with E-state index in [1.807, 2.05) is 0 Å². The molecule has 112 valence electrons. The molecule has 0 bridgehead atoms. The van der Waals surface area contributed by atoms with Crippen molar-refractivity contribution in [3.63, 3.8) is 0 Å². The van der Waals surface area contributed by atoms with Crippen molar-refractivity contribution in [1.29, 1.82) is 0 Å². The second-order valence-corrected chi connectivity index (χ2v) is 4.94. The molecule has 1 unspecified atom stereocenters. The fourth-order valence-corrected chi connectivity index (χ4v) is 1.96. The Morgan fingerprint density at radius 1 is 1.50 bits per heavy atom. The van der Waals surface area contributed by atoms with Crippen LogP contribution < -0.4 is 11.1 Å². The largest absolute Gasteiger partial charge is 0.409 e. The van der Waals surface area contributed by atoms with Crippen molar-refractivity contribution < 1.29 is 22.8 Å². The number of anilines is 1. The summed E-state index contributed by atoms with van der Waals surface area (Å²) in [4.78, 5) is 0. The van der Waals surface area contributed by atoms with E-state index in [-0.39, 0.29) is 10.2 Å². The Morgan fingerprint density at radius 2 is 2.10 bits per heavy atom. The number of amidine groups is 1. The van der Waals surface area contributed by atoms with E-state index in [2.05, 4.69) is 26.4 Å². The number of hydrogen-bond acceptors (Lipinski definition) is 3. The van der Waals surface area contributed by atoms with E-state index in [0.29, 0.717) is 5.56 Å². The number of hydrogen-bond donors (Lipinski definition) is 3. The van der Waals surface area contributed by atoms with E-state index in [0.717, 1.165) is 6.07 Å². The Bertz CT molecular complexity index is 519. The number of nitrogens with zero attached hydrogens (tertiary/aromatic N) is 1. The SMILES string of the molecule is Cc1cc(Br)c(F)cc1NCC(/C(N)=N/O)C(F)(F)F. The average Bonchev–Trinajstić information content (AvgIpc) is 2.33. The van der Waals surface area contributed by atoms with Crippen molar-refractivity contribution in [2.45, 2.75) is 13.1 Å². The summed E-state index contributed by atoms with van der Waals surface area (Å²) >= 11 is 2.97. The van der Waals surface area contributed by atoms with Gasteiger partial charge in [0.15, 0.2) is 5.84 Å². The minimum atomic E-state index is -4.68. The van der Waals surface area contributed by atoms with Gasteiger partial charge in [0, 0.05) is 12.2 Å². The smallest absolute Gasteiger partial charge is 0.400 e.